The van der Waals surface area contributed by atoms with E-state index in [2.05, 4.69) is 42.4 Å². The highest BCUT2D eigenvalue weighted by atomic mass is 79.9. The molecule has 0 aliphatic rings. The lowest BCUT2D eigenvalue weighted by Gasteiger charge is -2.12. The molecule has 0 saturated carbocycles. The molecule has 8 heteroatoms. The van der Waals surface area contributed by atoms with E-state index in [1.165, 1.54) is 19.4 Å². The summed E-state index contributed by atoms with van der Waals surface area (Å²) in [5.74, 6) is -0.0393. The molecule has 0 fully saturated rings. The second-order valence-electron chi connectivity index (χ2n) is 4.52. The van der Waals surface area contributed by atoms with Gasteiger partial charge in [0.25, 0.3) is 5.91 Å². The van der Waals surface area contributed by atoms with Gasteiger partial charge in [-0.1, -0.05) is 34.1 Å². The van der Waals surface area contributed by atoms with Crippen LogP contribution in [0.2, 0.25) is 0 Å². The van der Waals surface area contributed by atoms with Gasteiger partial charge in [0.05, 0.1) is 17.8 Å². The number of methoxy groups -OCH3 is 1. The van der Waals surface area contributed by atoms with Crippen molar-refractivity contribution in [3.05, 3.63) is 56.7 Å². The fraction of sp³-hybridized carbons (Fsp3) is 0.125. The fourth-order valence-corrected chi connectivity index (χ4v) is 3.05. The molecule has 0 heterocycles. The second kappa shape index (κ2) is 8.79. The third-order valence-electron chi connectivity index (χ3n) is 2.84. The maximum absolute atomic E-state index is 13.4. The maximum atomic E-state index is 13.4. The monoisotopic (exact) mass is 458 g/mol. The third kappa shape index (κ3) is 5.04. The van der Waals surface area contributed by atoms with Gasteiger partial charge in [-0.15, -0.1) is 0 Å². The molecule has 0 aromatic heterocycles. The molecule has 0 unspecified atom stereocenters. The van der Waals surface area contributed by atoms with Gasteiger partial charge in [0, 0.05) is 10.0 Å². The Bertz CT molecular complexity index is 769. The Morgan fingerprint density at radius 3 is 2.79 bits per heavy atom. The van der Waals surface area contributed by atoms with E-state index in [0.29, 0.717) is 16.0 Å². The summed E-state index contributed by atoms with van der Waals surface area (Å²) in [5.41, 5.74) is 2.54. The summed E-state index contributed by atoms with van der Waals surface area (Å²) in [6, 6.07) is 9.59. The third-order valence-corrected chi connectivity index (χ3v) is 3.89. The molecule has 1 amide bonds. The topological polar surface area (TPSA) is 59.9 Å². The molecule has 24 heavy (non-hydrogen) atoms. The van der Waals surface area contributed by atoms with Gasteiger partial charge in [0.1, 0.15) is 5.82 Å². The van der Waals surface area contributed by atoms with Crippen molar-refractivity contribution in [3.8, 4) is 11.5 Å². The highest BCUT2D eigenvalue weighted by molar-refractivity contribution is 9.11. The summed E-state index contributed by atoms with van der Waals surface area (Å²) >= 11 is 6.68. The molecule has 126 valence electrons. The molecule has 0 bridgehead atoms. The summed E-state index contributed by atoms with van der Waals surface area (Å²) < 4.78 is 25.5. The van der Waals surface area contributed by atoms with E-state index >= 15 is 0 Å². The molecule has 2 aromatic carbocycles. The predicted octanol–water partition coefficient (Wildman–Crippen LogP) is 3.89. The zero-order valence-corrected chi connectivity index (χ0v) is 15.7. The Labute approximate surface area is 155 Å². The number of carbonyl (C=O) groups is 1. The quantitative estimate of drug-likeness (QED) is 0.526. The van der Waals surface area contributed by atoms with Gasteiger partial charge < -0.3 is 9.47 Å². The Kier molecular flexibility index (Phi) is 6.74. The molecule has 2 rings (SSSR count). The largest absolute Gasteiger partial charge is 0.493 e. The average Bonchev–Trinajstić information content (AvgIpc) is 2.55. The zero-order chi connectivity index (χ0) is 17.5. The van der Waals surface area contributed by atoms with Gasteiger partial charge in [-0.2, -0.15) is 5.10 Å². The Balaban J connectivity index is 1.93. The number of hydrazone groups is 1. The first-order valence-corrected chi connectivity index (χ1v) is 8.32. The highest BCUT2D eigenvalue weighted by Gasteiger charge is 2.12. The summed E-state index contributed by atoms with van der Waals surface area (Å²) in [7, 11) is 1.50. The first-order valence-electron chi connectivity index (χ1n) is 6.73. The smallest absolute Gasteiger partial charge is 0.277 e. The number of benzene rings is 2. The molecule has 5 nitrogen and oxygen atoms in total. The normalized spacial score (nSPS) is 10.7. The number of hydrogen-bond acceptors (Lipinski definition) is 4. The molecular weight excluding hydrogens is 447 g/mol. The van der Waals surface area contributed by atoms with Crippen LogP contribution in [-0.4, -0.2) is 25.8 Å². The van der Waals surface area contributed by atoms with Crippen LogP contribution in [0.1, 0.15) is 5.56 Å². The second-order valence-corrected chi connectivity index (χ2v) is 6.29. The van der Waals surface area contributed by atoms with Crippen LogP contribution in [0, 0.1) is 5.82 Å². The van der Waals surface area contributed by atoms with Crippen LogP contribution in [0.15, 0.2) is 50.4 Å². The van der Waals surface area contributed by atoms with Crippen molar-refractivity contribution >= 4 is 44.0 Å². The highest BCUT2D eigenvalue weighted by Crippen LogP contribution is 2.38. The van der Waals surface area contributed by atoms with E-state index in [-0.39, 0.29) is 12.2 Å². The van der Waals surface area contributed by atoms with Gasteiger partial charge in [-0.25, -0.2) is 9.82 Å². The van der Waals surface area contributed by atoms with Crippen molar-refractivity contribution in [2.45, 2.75) is 0 Å². The summed E-state index contributed by atoms with van der Waals surface area (Å²) in [5, 5.41) is 3.70. The molecule has 0 atom stereocenters. The lowest BCUT2D eigenvalue weighted by Crippen LogP contribution is -2.24. The summed E-state index contributed by atoms with van der Waals surface area (Å²) in [6.07, 6.45) is 1.23. The molecule has 1 N–H and O–H groups in total. The first kappa shape index (κ1) is 18.4. The minimum atomic E-state index is -0.487. The summed E-state index contributed by atoms with van der Waals surface area (Å²) in [6.45, 7) is -0.273. The van der Waals surface area contributed by atoms with Crippen molar-refractivity contribution in [1.82, 2.24) is 5.43 Å². The lowest BCUT2D eigenvalue weighted by atomic mass is 10.2. The average molecular weight is 460 g/mol. The van der Waals surface area contributed by atoms with Gasteiger partial charge in [0.15, 0.2) is 18.1 Å². The molecule has 0 aliphatic carbocycles. The number of carbonyl (C=O) groups excluding carboxylic acids is 1. The number of nitrogens with zero attached hydrogens (tertiary/aromatic N) is 1. The van der Waals surface area contributed by atoms with E-state index < -0.39 is 11.7 Å². The van der Waals surface area contributed by atoms with Crippen molar-refractivity contribution in [2.75, 3.05) is 13.7 Å². The Hall–Kier alpha value is -1.93. The van der Waals surface area contributed by atoms with Crippen molar-refractivity contribution in [2.24, 2.45) is 5.10 Å². The number of amides is 1. The van der Waals surface area contributed by atoms with E-state index in [4.69, 9.17) is 9.47 Å². The number of halogens is 3. The van der Waals surface area contributed by atoms with Gasteiger partial charge in [-0.3, -0.25) is 4.79 Å². The predicted molar refractivity (Wildman–Crippen MR) is 96.0 cm³/mol. The van der Waals surface area contributed by atoms with Crippen LogP contribution in [0.5, 0.6) is 11.5 Å². The lowest BCUT2D eigenvalue weighted by molar-refractivity contribution is -0.123. The van der Waals surface area contributed by atoms with Crippen LogP contribution < -0.4 is 14.9 Å². The Morgan fingerprint density at radius 2 is 2.08 bits per heavy atom. The van der Waals surface area contributed by atoms with Crippen molar-refractivity contribution in [3.63, 3.8) is 0 Å². The number of rotatable bonds is 6. The molecule has 2 aromatic rings. The van der Waals surface area contributed by atoms with Gasteiger partial charge >= 0.3 is 0 Å². The van der Waals surface area contributed by atoms with Crippen LogP contribution in [0.25, 0.3) is 0 Å². The maximum Gasteiger partial charge on any atom is 0.277 e. The standard InChI is InChI=1S/C16H13Br2FN2O3/c1-23-14-7-11(17)6-12(18)16(14)24-9-15(22)21-20-8-10-4-2-3-5-13(10)19/h2-8H,9H2,1H3,(H,21,22). The molecule has 0 aliphatic heterocycles. The molecular formula is C16H13Br2FN2O3. The molecule has 0 saturated heterocycles. The summed E-state index contributed by atoms with van der Waals surface area (Å²) in [4.78, 5) is 11.8. The fourth-order valence-electron chi connectivity index (χ4n) is 1.75. The van der Waals surface area contributed by atoms with Gasteiger partial charge in [0.2, 0.25) is 0 Å². The van der Waals surface area contributed by atoms with Crippen molar-refractivity contribution in [1.29, 1.82) is 0 Å². The van der Waals surface area contributed by atoms with Gasteiger partial charge in [-0.05, 0) is 34.1 Å². The van der Waals surface area contributed by atoms with E-state index in [1.807, 2.05) is 0 Å². The number of ether oxygens (including phenoxy) is 2. The van der Waals surface area contributed by atoms with E-state index in [9.17, 15) is 9.18 Å². The van der Waals surface area contributed by atoms with E-state index in [0.717, 1.165) is 4.47 Å². The number of hydrogen-bond donors (Lipinski definition) is 1. The minimum Gasteiger partial charge on any atom is -0.493 e. The van der Waals surface area contributed by atoms with Crippen LogP contribution >= 0.6 is 31.9 Å². The minimum absolute atomic E-state index is 0.273. The SMILES string of the molecule is COc1cc(Br)cc(Br)c1OCC(=O)NN=Cc1ccccc1F. The van der Waals surface area contributed by atoms with Crippen LogP contribution in [-0.2, 0) is 4.79 Å². The molecule has 0 spiro atoms. The van der Waals surface area contributed by atoms with Crippen molar-refractivity contribution < 1.29 is 18.7 Å². The van der Waals surface area contributed by atoms with Crippen LogP contribution in [0.3, 0.4) is 0 Å². The Morgan fingerprint density at radius 1 is 1.33 bits per heavy atom. The van der Waals surface area contributed by atoms with E-state index in [1.54, 1.807) is 30.3 Å². The zero-order valence-electron chi connectivity index (χ0n) is 12.6. The van der Waals surface area contributed by atoms with Crippen LogP contribution in [0.4, 0.5) is 4.39 Å². The first-order chi connectivity index (χ1) is 11.5. The molecule has 0 radical (unpaired) electrons. The number of nitrogens with one attached hydrogen (secondary N) is 1.